The molecule has 0 bridgehead atoms. The van der Waals surface area contributed by atoms with Crippen molar-refractivity contribution >= 4 is 40.1 Å². The average molecular weight is 377 g/mol. The fourth-order valence-electron chi connectivity index (χ4n) is 1.77. The van der Waals surface area contributed by atoms with Crippen molar-refractivity contribution in [2.75, 3.05) is 19.0 Å². The number of halogens is 1. The number of ketones is 1. The van der Waals surface area contributed by atoms with Gasteiger partial charge in [0.1, 0.15) is 0 Å². The second-order valence-electron chi connectivity index (χ2n) is 4.69. The lowest BCUT2D eigenvalue weighted by Gasteiger charge is -2.11. The summed E-state index contributed by atoms with van der Waals surface area (Å²) in [7, 11) is 3.96. The van der Waals surface area contributed by atoms with E-state index in [0.29, 0.717) is 5.56 Å². The number of benzene rings is 2. The Balaban J connectivity index is 2.09. The molecule has 0 unspecified atom stereocenters. The minimum atomic E-state index is 0.0221. The van der Waals surface area contributed by atoms with E-state index in [-0.39, 0.29) is 5.78 Å². The van der Waals surface area contributed by atoms with Crippen molar-refractivity contribution in [3.63, 3.8) is 0 Å². The molecule has 0 fully saturated rings. The van der Waals surface area contributed by atoms with Gasteiger partial charge < -0.3 is 4.90 Å². The molecule has 0 atom stereocenters. The second-order valence-corrected chi connectivity index (χ2v) is 5.94. The van der Waals surface area contributed by atoms with Crippen LogP contribution in [0, 0.1) is 3.57 Å². The summed E-state index contributed by atoms with van der Waals surface area (Å²) in [4.78, 5) is 14.1. The summed E-state index contributed by atoms with van der Waals surface area (Å²) in [5, 5.41) is 0. The van der Waals surface area contributed by atoms with Gasteiger partial charge in [-0.25, -0.2) is 0 Å². The third-order valence-electron chi connectivity index (χ3n) is 2.97. The lowest BCUT2D eigenvalue weighted by Crippen LogP contribution is -2.08. The van der Waals surface area contributed by atoms with E-state index in [4.69, 9.17) is 0 Å². The van der Waals surface area contributed by atoms with Crippen LogP contribution < -0.4 is 4.90 Å². The lowest BCUT2D eigenvalue weighted by molar-refractivity contribution is 0.104. The summed E-state index contributed by atoms with van der Waals surface area (Å²) in [6, 6.07) is 15.7. The SMILES string of the molecule is CN(C)c1ccc(C(=O)C=Cc2ccc(I)cc2)cc1. The van der Waals surface area contributed by atoms with Crippen LogP contribution >= 0.6 is 22.6 Å². The molecular weight excluding hydrogens is 361 g/mol. The summed E-state index contributed by atoms with van der Waals surface area (Å²) in [5.74, 6) is 0.0221. The highest BCUT2D eigenvalue weighted by molar-refractivity contribution is 14.1. The molecular formula is C17H16INO. The summed E-state index contributed by atoms with van der Waals surface area (Å²) in [6.07, 6.45) is 3.46. The standard InChI is InChI=1S/C17H16INO/c1-19(2)16-10-6-14(7-11-16)17(20)12-5-13-3-8-15(18)9-4-13/h3-12H,1-2H3. The smallest absolute Gasteiger partial charge is 0.185 e. The van der Waals surface area contributed by atoms with Gasteiger partial charge in [0.2, 0.25) is 0 Å². The summed E-state index contributed by atoms with van der Waals surface area (Å²) >= 11 is 2.26. The monoisotopic (exact) mass is 377 g/mol. The molecule has 0 saturated carbocycles. The Kier molecular flexibility index (Phi) is 4.95. The second kappa shape index (κ2) is 6.70. The number of carbonyl (C=O) groups is 1. The number of anilines is 1. The molecule has 0 heterocycles. The zero-order chi connectivity index (χ0) is 14.5. The van der Waals surface area contributed by atoms with E-state index in [1.54, 1.807) is 6.08 Å². The molecule has 2 aromatic carbocycles. The fraction of sp³-hybridized carbons (Fsp3) is 0.118. The van der Waals surface area contributed by atoms with E-state index < -0.39 is 0 Å². The van der Waals surface area contributed by atoms with Gasteiger partial charge in [0, 0.05) is 28.9 Å². The van der Waals surface area contributed by atoms with Gasteiger partial charge >= 0.3 is 0 Å². The van der Waals surface area contributed by atoms with Gasteiger partial charge in [-0.3, -0.25) is 4.79 Å². The highest BCUT2D eigenvalue weighted by Crippen LogP contribution is 2.14. The molecule has 0 aliphatic heterocycles. The first-order chi connectivity index (χ1) is 9.56. The number of rotatable bonds is 4. The zero-order valence-electron chi connectivity index (χ0n) is 11.5. The van der Waals surface area contributed by atoms with Crippen LogP contribution in [-0.4, -0.2) is 19.9 Å². The summed E-state index contributed by atoms with van der Waals surface area (Å²) < 4.78 is 1.19. The first-order valence-corrected chi connectivity index (χ1v) is 7.39. The number of allylic oxidation sites excluding steroid dienone is 1. The summed E-state index contributed by atoms with van der Waals surface area (Å²) in [6.45, 7) is 0. The molecule has 2 rings (SSSR count). The molecule has 0 radical (unpaired) electrons. The molecule has 102 valence electrons. The number of carbonyl (C=O) groups excluding carboxylic acids is 1. The van der Waals surface area contributed by atoms with Crippen molar-refractivity contribution in [3.8, 4) is 0 Å². The van der Waals surface area contributed by atoms with Crippen molar-refractivity contribution in [1.82, 2.24) is 0 Å². The number of nitrogens with zero attached hydrogens (tertiary/aromatic N) is 1. The van der Waals surface area contributed by atoms with Gasteiger partial charge in [-0.2, -0.15) is 0 Å². The van der Waals surface area contributed by atoms with E-state index in [9.17, 15) is 4.79 Å². The molecule has 0 spiro atoms. The first-order valence-electron chi connectivity index (χ1n) is 6.31. The van der Waals surface area contributed by atoms with Gasteiger partial charge in [0.15, 0.2) is 5.78 Å². The predicted octanol–water partition coefficient (Wildman–Crippen LogP) is 4.25. The molecule has 0 amide bonds. The summed E-state index contributed by atoms with van der Waals surface area (Å²) in [5.41, 5.74) is 2.82. The van der Waals surface area contributed by atoms with Crippen molar-refractivity contribution < 1.29 is 4.79 Å². The van der Waals surface area contributed by atoms with Crippen molar-refractivity contribution in [1.29, 1.82) is 0 Å². The van der Waals surface area contributed by atoms with E-state index in [1.165, 1.54) is 3.57 Å². The molecule has 3 heteroatoms. The van der Waals surface area contributed by atoms with Gasteiger partial charge in [-0.05, 0) is 70.6 Å². The average Bonchev–Trinajstić information content (AvgIpc) is 2.46. The van der Waals surface area contributed by atoms with Crippen molar-refractivity contribution in [2.45, 2.75) is 0 Å². The van der Waals surface area contributed by atoms with Crippen LogP contribution in [-0.2, 0) is 0 Å². The third-order valence-corrected chi connectivity index (χ3v) is 3.68. The van der Waals surface area contributed by atoms with Crippen molar-refractivity contribution in [2.24, 2.45) is 0 Å². The Morgan fingerprint density at radius 2 is 1.60 bits per heavy atom. The molecule has 0 aromatic heterocycles. The topological polar surface area (TPSA) is 20.3 Å². The lowest BCUT2D eigenvalue weighted by atomic mass is 10.1. The number of hydrogen-bond acceptors (Lipinski definition) is 2. The van der Waals surface area contributed by atoms with Gasteiger partial charge in [0.05, 0.1) is 0 Å². The van der Waals surface area contributed by atoms with E-state index in [1.807, 2.05) is 73.6 Å². The van der Waals surface area contributed by atoms with E-state index in [0.717, 1.165) is 11.3 Å². The largest absolute Gasteiger partial charge is 0.378 e. The van der Waals surface area contributed by atoms with Crippen LogP contribution in [0.25, 0.3) is 6.08 Å². The van der Waals surface area contributed by atoms with Gasteiger partial charge in [-0.15, -0.1) is 0 Å². The van der Waals surface area contributed by atoms with E-state index in [2.05, 4.69) is 22.6 Å². The van der Waals surface area contributed by atoms with Crippen LogP contribution in [0.3, 0.4) is 0 Å². The molecule has 2 nitrogen and oxygen atoms in total. The first kappa shape index (κ1) is 14.8. The Bertz CT molecular complexity index is 612. The number of hydrogen-bond donors (Lipinski definition) is 0. The molecule has 0 N–H and O–H groups in total. The fourth-order valence-corrected chi connectivity index (χ4v) is 2.13. The van der Waals surface area contributed by atoms with Crippen molar-refractivity contribution in [3.05, 3.63) is 69.3 Å². The van der Waals surface area contributed by atoms with Gasteiger partial charge in [-0.1, -0.05) is 18.2 Å². The highest BCUT2D eigenvalue weighted by Gasteiger charge is 2.02. The van der Waals surface area contributed by atoms with Crippen LogP contribution in [0.15, 0.2) is 54.6 Å². The molecule has 2 aromatic rings. The molecule has 0 aliphatic carbocycles. The Morgan fingerprint density at radius 1 is 1.00 bits per heavy atom. The maximum Gasteiger partial charge on any atom is 0.185 e. The maximum atomic E-state index is 12.1. The van der Waals surface area contributed by atoms with Crippen LogP contribution in [0.2, 0.25) is 0 Å². The molecule has 0 saturated heterocycles. The highest BCUT2D eigenvalue weighted by atomic mass is 127. The predicted molar refractivity (Wildman–Crippen MR) is 93.3 cm³/mol. The molecule has 20 heavy (non-hydrogen) atoms. The van der Waals surface area contributed by atoms with Crippen LogP contribution in [0.4, 0.5) is 5.69 Å². The Labute approximate surface area is 133 Å². The Hall–Kier alpha value is -1.62. The third kappa shape index (κ3) is 3.93. The van der Waals surface area contributed by atoms with Crippen LogP contribution in [0.5, 0.6) is 0 Å². The maximum absolute atomic E-state index is 12.1. The molecule has 0 aliphatic rings. The van der Waals surface area contributed by atoms with Gasteiger partial charge in [0.25, 0.3) is 0 Å². The Morgan fingerprint density at radius 3 is 2.15 bits per heavy atom. The van der Waals surface area contributed by atoms with Crippen LogP contribution in [0.1, 0.15) is 15.9 Å². The van der Waals surface area contributed by atoms with E-state index >= 15 is 0 Å². The minimum Gasteiger partial charge on any atom is -0.378 e. The quantitative estimate of drug-likeness (QED) is 0.451. The zero-order valence-corrected chi connectivity index (χ0v) is 13.7. The minimum absolute atomic E-state index is 0.0221. The normalized spacial score (nSPS) is 10.8.